The van der Waals surface area contributed by atoms with Crippen LogP contribution in [0.15, 0.2) is 36.5 Å². The lowest BCUT2D eigenvalue weighted by Crippen LogP contribution is -2.11. The van der Waals surface area contributed by atoms with Gasteiger partial charge >= 0.3 is 18.5 Å². The molecule has 0 aliphatic carbocycles. The van der Waals surface area contributed by atoms with Crippen molar-refractivity contribution < 1.29 is 43.9 Å². The summed E-state index contributed by atoms with van der Waals surface area (Å²) in [4.78, 5) is 16.1. The van der Waals surface area contributed by atoms with E-state index in [4.69, 9.17) is 0 Å². The molecule has 0 saturated heterocycles. The van der Waals surface area contributed by atoms with Crippen molar-refractivity contribution in [1.82, 2.24) is 24.9 Å². The summed E-state index contributed by atoms with van der Waals surface area (Å²) < 4.78 is 131. The summed E-state index contributed by atoms with van der Waals surface area (Å²) in [6.45, 7) is 0. The zero-order valence-electron chi connectivity index (χ0n) is 16.0. The summed E-state index contributed by atoms with van der Waals surface area (Å²) in [5, 5.41) is 0. The smallest absolute Gasteiger partial charge is 0.335 e. The van der Waals surface area contributed by atoms with Gasteiger partial charge in [0.2, 0.25) is 0 Å². The van der Waals surface area contributed by atoms with Crippen LogP contribution in [0.3, 0.4) is 0 Å². The van der Waals surface area contributed by atoms with E-state index in [9.17, 15) is 43.9 Å². The molecule has 0 fully saturated rings. The third-order valence-electron chi connectivity index (χ3n) is 4.48. The van der Waals surface area contributed by atoms with Crippen LogP contribution < -0.4 is 0 Å². The molecule has 0 atom stereocenters. The van der Waals surface area contributed by atoms with Crippen LogP contribution in [0.4, 0.5) is 43.9 Å². The number of fused-ring (bicyclic) bond motifs is 1. The number of nitrogens with zero attached hydrogens (tertiary/aromatic N) is 4. The summed E-state index contributed by atoms with van der Waals surface area (Å²) in [6.07, 6.45) is -14.1. The molecule has 1 N–H and O–H groups in total. The number of benzene rings is 1. The third-order valence-corrected chi connectivity index (χ3v) is 4.48. The van der Waals surface area contributed by atoms with Crippen LogP contribution in [0.25, 0.3) is 33.9 Å². The number of hydrogen-bond donors (Lipinski definition) is 1. The number of H-pyrrole nitrogens is 1. The first-order valence-electron chi connectivity index (χ1n) is 8.90. The molecule has 1 aromatic carbocycles. The van der Waals surface area contributed by atoms with Crippen molar-refractivity contribution in [1.29, 1.82) is 0 Å². The van der Waals surface area contributed by atoms with E-state index >= 15 is 0 Å². The normalized spacial score (nSPS) is 13.0. The lowest BCUT2D eigenvalue weighted by atomic mass is 10.1. The molecule has 4 rings (SSSR count). The number of aromatic amines is 1. The first kappa shape index (κ1) is 23.4. The molecule has 0 saturated carbocycles. The highest BCUT2D eigenvalue weighted by Crippen LogP contribution is 2.36. The van der Waals surface area contributed by atoms with Gasteiger partial charge in [0.1, 0.15) is 22.9 Å². The molecule has 3 heterocycles. The van der Waals surface area contributed by atoms with Gasteiger partial charge in [0, 0.05) is 11.8 Å². The van der Waals surface area contributed by atoms with Gasteiger partial charge < -0.3 is 4.98 Å². The molecular formula is C19H7F10N5. The molecule has 0 aliphatic heterocycles. The maximum Gasteiger partial charge on any atom is 0.435 e. The predicted molar refractivity (Wildman–Crippen MR) is 95.3 cm³/mol. The monoisotopic (exact) mass is 495 g/mol. The maximum absolute atomic E-state index is 14.3. The summed E-state index contributed by atoms with van der Waals surface area (Å²) in [7, 11) is 0. The molecule has 0 amide bonds. The fourth-order valence-corrected chi connectivity index (χ4v) is 2.94. The van der Waals surface area contributed by atoms with Crippen molar-refractivity contribution in [2.45, 2.75) is 18.5 Å². The molecule has 4 aromatic rings. The molecule has 178 valence electrons. The van der Waals surface area contributed by atoms with Crippen LogP contribution in [0.1, 0.15) is 17.0 Å². The Balaban J connectivity index is 1.86. The predicted octanol–water partition coefficient (Wildman–Crippen LogP) is 6.28. The van der Waals surface area contributed by atoms with Crippen molar-refractivity contribution >= 4 is 11.2 Å². The van der Waals surface area contributed by atoms with E-state index in [1.807, 2.05) is 0 Å². The minimum absolute atomic E-state index is 0.151. The highest BCUT2D eigenvalue weighted by Gasteiger charge is 2.38. The van der Waals surface area contributed by atoms with Crippen LogP contribution in [0.2, 0.25) is 0 Å². The molecule has 0 spiro atoms. The van der Waals surface area contributed by atoms with Gasteiger partial charge in [-0.3, -0.25) is 4.98 Å². The third kappa shape index (κ3) is 4.36. The molecule has 0 radical (unpaired) electrons. The zero-order valence-corrected chi connectivity index (χ0v) is 16.0. The van der Waals surface area contributed by atoms with Gasteiger partial charge in [-0.25, -0.2) is 19.3 Å². The largest absolute Gasteiger partial charge is 0.435 e. The number of rotatable bonds is 2. The van der Waals surface area contributed by atoms with Gasteiger partial charge in [-0.2, -0.15) is 39.5 Å². The van der Waals surface area contributed by atoms with E-state index in [-0.39, 0.29) is 11.6 Å². The van der Waals surface area contributed by atoms with Crippen molar-refractivity contribution in [3.63, 3.8) is 0 Å². The first-order valence-corrected chi connectivity index (χ1v) is 8.90. The number of imidazole rings is 1. The molecule has 5 nitrogen and oxygen atoms in total. The Bertz CT molecular complexity index is 1370. The van der Waals surface area contributed by atoms with Gasteiger partial charge in [0.05, 0.1) is 11.1 Å². The SMILES string of the molecule is Fc1cc(C(F)(F)F)ccc1-c1nc2nc(-c3ccc(C(F)(F)F)nc3)nc(C(F)(F)F)c2[nH]1. The second-order valence-electron chi connectivity index (χ2n) is 6.80. The van der Waals surface area contributed by atoms with Crippen molar-refractivity contribution in [2.24, 2.45) is 0 Å². The van der Waals surface area contributed by atoms with Crippen LogP contribution in [0.5, 0.6) is 0 Å². The highest BCUT2D eigenvalue weighted by atomic mass is 19.4. The number of alkyl halides is 9. The Kier molecular flexibility index (Phi) is 5.25. The molecular weight excluding hydrogens is 488 g/mol. The summed E-state index contributed by atoms with van der Waals surface area (Å²) in [6, 6.07) is 2.67. The van der Waals surface area contributed by atoms with Crippen LogP contribution in [-0.2, 0) is 18.5 Å². The first-order chi connectivity index (χ1) is 15.6. The van der Waals surface area contributed by atoms with E-state index in [1.54, 1.807) is 0 Å². The fraction of sp³-hybridized carbons (Fsp3) is 0.158. The zero-order chi connectivity index (χ0) is 25.1. The highest BCUT2D eigenvalue weighted by molar-refractivity contribution is 5.80. The maximum atomic E-state index is 14.3. The van der Waals surface area contributed by atoms with Crippen molar-refractivity contribution in [2.75, 3.05) is 0 Å². The summed E-state index contributed by atoms with van der Waals surface area (Å²) in [5.41, 5.74) is -6.51. The standard InChI is InChI=1S/C19H7F10N5/c20-10-5-8(17(21,22)23)2-3-9(10)15-31-12-13(19(27,28)29)32-14(33-16(12)34-15)7-1-4-11(30-6-7)18(24,25)26/h1-6H,(H,31,32,33,34). The topological polar surface area (TPSA) is 67.3 Å². The molecule has 0 bridgehead atoms. The second-order valence-corrected chi connectivity index (χ2v) is 6.80. The Morgan fingerprint density at radius 3 is 1.97 bits per heavy atom. The van der Waals surface area contributed by atoms with E-state index in [0.717, 1.165) is 6.07 Å². The van der Waals surface area contributed by atoms with Crippen LogP contribution in [-0.4, -0.2) is 24.9 Å². The number of pyridine rings is 1. The quantitative estimate of drug-likeness (QED) is 0.333. The van der Waals surface area contributed by atoms with Gasteiger partial charge in [0.25, 0.3) is 0 Å². The van der Waals surface area contributed by atoms with Crippen molar-refractivity contribution in [3.8, 4) is 22.8 Å². The number of hydrogen-bond acceptors (Lipinski definition) is 4. The van der Waals surface area contributed by atoms with Crippen LogP contribution >= 0.6 is 0 Å². The van der Waals surface area contributed by atoms with E-state index in [0.29, 0.717) is 24.4 Å². The molecule has 15 heteroatoms. The lowest BCUT2D eigenvalue weighted by Gasteiger charge is -2.09. The van der Waals surface area contributed by atoms with Gasteiger partial charge in [-0.05, 0) is 30.3 Å². The lowest BCUT2D eigenvalue weighted by molar-refractivity contribution is -0.141. The minimum Gasteiger partial charge on any atom is -0.335 e. The summed E-state index contributed by atoms with van der Waals surface area (Å²) in [5.74, 6) is -2.65. The number of aromatic nitrogens is 5. The Hall–Kier alpha value is -3.78. The average Bonchev–Trinajstić information content (AvgIpc) is 3.14. The van der Waals surface area contributed by atoms with E-state index in [1.165, 1.54) is 0 Å². The second kappa shape index (κ2) is 7.63. The fourth-order valence-electron chi connectivity index (χ4n) is 2.94. The molecule has 0 unspecified atom stereocenters. The Morgan fingerprint density at radius 1 is 0.735 bits per heavy atom. The molecule has 34 heavy (non-hydrogen) atoms. The van der Waals surface area contributed by atoms with Crippen LogP contribution in [0, 0.1) is 5.82 Å². The van der Waals surface area contributed by atoms with E-state index in [2.05, 4.69) is 24.9 Å². The average molecular weight is 495 g/mol. The molecule has 0 aliphatic rings. The van der Waals surface area contributed by atoms with Gasteiger partial charge in [0.15, 0.2) is 17.2 Å². The van der Waals surface area contributed by atoms with E-state index < -0.39 is 69.7 Å². The van der Waals surface area contributed by atoms with Gasteiger partial charge in [-0.15, -0.1) is 0 Å². The molecule has 3 aromatic heterocycles. The Labute approximate surface area is 181 Å². The van der Waals surface area contributed by atoms with Crippen molar-refractivity contribution in [3.05, 3.63) is 59.3 Å². The number of nitrogens with one attached hydrogen (secondary N) is 1. The number of halogens is 10. The Morgan fingerprint density at radius 2 is 1.44 bits per heavy atom. The summed E-state index contributed by atoms with van der Waals surface area (Å²) >= 11 is 0. The minimum atomic E-state index is -5.10. The van der Waals surface area contributed by atoms with Gasteiger partial charge in [-0.1, -0.05) is 0 Å².